The molecule has 23 heavy (non-hydrogen) atoms. The van der Waals surface area contributed by atoms with E-state index in [1.807, 2.05) is 12.1 Å². The number of para-hydroxylation sites is 2. The van der Waals surface area contributed by atoms with Crippen molar-refractivity contribution in [3.8, 4) is 11.5 Å². The van der Waals surface area contributed by atoms with Gasteiger partial charge >= 0.3 is 0 Å². The summed E-state index contributed by atoms with van der Waals surface area (Å²) in [5.74, 6) is 0.514. The highest BCUT2D eigenvalue weighted by Gasteiger charge is 2.27. The van der Waals surface area contributed by atoms with Crippen molar-refractivity contribution in [2.45, 2.75) is 0 Å². The van der Waals surface area contributed by atoms with Crippen LogP contribution in [0.1, 0.15) is 10.4 Å². The monoisotopic (exact) mass is 312 g/mol. The molecule has 3 rings (SSSR count). The van der Waals surface area contributed by atoms with Crippen LogP contribution in [0, 0.1) is 0 Å². The van der Waals surface area contributed by atoms with E-state index in [4.69, 9.17) is 9.47 Å². The van der Waals surface area contributed by atoms with Crippen LogP contribution in [0.3, 0.4) is 0 Å². The summed E-state index contributed by atoms with van der Waals surface area (Å²) in [5, 5.41) is 2.76. The van der Waals surface area contributed by atoms with Gasteiger partial charge in [-0.2, -0.15) is 0 Å². The van der Waals surface area contributed by atoms with Gasteiger partial charge in [0.25, 0.3) is 5.91 Å². The predicted molar refractivity (Wildman–Crippen MR) is 86.3 cm³/mol. The van der Waals surface area contributed by atoms with Gasteiger partial charge in [0, 0.05) is 5.56 Å². The van der Waals surface area contributed by atoms with Gasteiger partial charge in [0.1, 0.15) is 6.54 Å². The van der Waals surface area contributed by atoms with E-state index in [1.54, 1.807) is 30.3 Å². The van der Waals surface area contributed by atoms with Crippen molar-refractivity contribution in [3.63, 3.8) is 0 Å². The van der Waals surface area contributed by atoms with Crippen molar-refractivity contribution in [1.82, 2.24) is 0 Å². The first kappa shape index (κ1) is 14.9. The Morgan fingerprint density at radius 1 is 1.09 bits per heavy atom. The number of hydrogen-bond acceptors (Lipinski definition) is 4. The van der Waals surface area contributed by atoms with Crippen molar-refractivity contribution in [3.05, 3.63) is 48.0 Å². The maximum absolute atomic E-state index is 12.8. The van der Waals surface area contributed by atoms with Crippen molar-refractivity contribution < 1.29 is 19.1 Å². The van der Waals surface area contributed by atoms with Gasteiger partial charge in [0.15, 0.2) is 11.5 Å². The molecule has 2 aromatic rings. The highest BCUT2D eigenvalue weighted by molar-refractivity contribution is 6.15. The molecule has 0 unspecified atom stereocenters. The Morgan fingerprint density at radius 3 is 2.57 bits per heavy atom. The zero-order valence-electron chi connectivity index (χ0n) is 12.8. The predicted octanol–water partition coefficient (Wildman–Crippen LogP) is 2.30. The summed E-state index contributed by atoms with van der Waals surface area (Å²) in [6, 6.07) is 12.1. The molecule has 1 N–H and O–H groups in total. The van der Waals surface area contributed by atoms with Gasteiger partial charge in [-0.05, 0) is 30.3 Å². The smallest absolute Gasteiger partial charge is 0.258 e. The number of methoxy groups -OCH3 is 2. The molecular formula is C17H16N2O4. The summed E-state index contributed by atoms with van der Waals surface area (Å²) in [6.45, 7) is -0.0236. The quantitative estimate of drug-likeness (QED) is 0.944. The zero-order chi connectivity index (χ0) is 16.4. The fraction of sp³-hybridized carbons (Fsp3) is 0.176. The molecule has 0 aromatic heterocycles. The Morgan fingerprint density at radius 2 is 1.83 bits per heavy atom. The minimum Gasteiger partial charge on any atom is -0.493 e. The van der Waals surface area contributed by atoms with Crippen molar-refractivity contribution in [1.29, 1.82) is 0 Å². The van der Waals surface area contributed by atoms with Crippen LogP contribution in [0.2, 0.25) is 0 Å². The second-order valence-corrected chi connectivity index (χ2v) is 5.03. The largest absolute Gasteiger partial charge is 0.493 e. The summed E-state index contributed by atoms with van der Waals surface area (Å²) in [5.41, 5.74) is 1.72. The molecule has 1 aliphatic heterocycles. The molecule has 0 fully saturated rings. The fourth-order valence-corrected chi connectivity index (χ4v) is 2.54. The summed E-state index contributed by atoms with van der Waals surface area (Å²) < 4.78 is 10.4. The lowest BCUT2D eigenvalue weighted by atomic mass is 10.1. The lowest BCUT2D eigenvalue weighted by Crippen LogP contribution is -2.42. The molecule has 6 nitrogen and oxygen atoms in total. The van der Waals surface area contributed by atoms with Crippen LogP contribution < -0.4 is 19.7 Å². The van der Waals surface area contributed by atoms with E-state index in [0.717, 1.165) is 0 Å². The molecule has 1 heterocycles. The molecule has 6 heteroatoms. The number of carbonyl (C=O) groups excluding carboxylic acids is 2. The minimum absolute atomic E-state index is 0.0236. The van der Waals surface area contributed by atoms with E-state index in [1.165, 1.54) is 19.1 Å². The van der Waals surface area contributed by atoms with Gasteiger partial charge in [-0.3, -0.25) is 14.5 Å². The summed E-state index contributed by atoms with van der Waals surface area (Å²) in [4.78, 5) is 26.1. The number of carbonyl (C=O) groups is 2. The number of hydrogen-bond donors (Lipinski definition) is 1. The summed E-state index contributed by atoms with van der Waals surface area (Å²) >= 11 is 0. The Labute approximate surface area is 133 Å². The van der Waals surface area contributed by atoms with Crippen molar-refractivity contribution in [2.24, 2.45) is 0 Å². The molecular weight excluding hydrogens is 296 g/mol. The molecule has 0 saturated heterocycles. The second-order valence-electron chi connectivity index (χ2n) is 5.03. The summed E-state index contributed by atoms with van der Waals surface area (Å²) in [6.07, 6.45) is 0. The van der Waals surface area contributed by atoms with Crippen LogP contribution in [-0.2, 0) is 4.79 Å². The zero-order valence-corrected chi connectivity index (χ0v) is 12.8. The third kappa shape index (κ3) is 2.70. The maximum Gasteiger partial charge on any atom is 0.258 e. The number of amides is 2. The Kier molecular flexibility index (Phi) is 3.89. The van der Waals surface area contributed by atoms with Gasteiger partial charge < -0.3 is 14.8 Å². The molecule has 0 spiro atoms. The lowest BCUT2D eigenvalue weighted by molar-refractivity contribution is -0.115. The van der Waals surface area contributed by atoms with Gasteiger partial charge in [-0.1, -0.05) is 12.1 Å². The standard InChI is InChI=1S/C17H16N2O4/c1-22-14-8-7-11(9-15(14)23-2)17(21)19-10-16(20)18-12-5-3-4-6-13(12)19/h3-9H,10H2,1-2H3,(H,18,20). The van der Waals surface area contributed by atoms with Gasteiger partial charge in [0.05, 0.1) is 25.6 Å². The Hall–Kier alpha value is -3.02. The summed E-state index contributed by atoms with van der Waals surface area (Å²) in [7, 11) is 3.04. The highest BCUT2D eigenvalue weighted by Crippen LogP contribution is 2.32. The first-order valence-corrected chi connectivity index (χ1v) is 7.07. The van der Waals surface area contributed by atoms with Crippen LogP contribution >= 0.6 is 0 Å². The van der Waals surface area contributed by atoms with Crippen LogP contribution in [0.4, 0.5) is 11.4 Å². The molecule has 0 atom stereocenters. The molecule has 1 aliphatic rings. The normalized spacial score (nSPS) is 13.1. The molecule has 2 amide bonds. The number of nitrogens with one attached hydrogen (secondary N) is 1. The van der Waals surface area contributed by atoms with Gasteiger partial charge in [0.2, 0.25) is 5.91 Å². The van der Waals surface area contributed by atoms with Crippen LogP contribution in [0.25, 0.3) is 0 Å². The molecule has 2 aromatic carbocycles. The van der Waals surface area contributed by atoms with Crippen molar-refractivity contribution >= 4 is 23.2 Å². The molecule has 118 valence electrons. The van der Waals surface area contributed by atoms with E-state index in [9.17, 15) is 9.59 Å². The van der Waals surface area contributed by atoms with E-state index in [-0.39, 0.29) is 18.4 Å². The first-order chi connectivity index (χ1) is 11.1. The number of fused-ring (bicyclic) bond motifs is 1. The number of ether oxygens (including phenoxy) is 2. The van der Waals surface area contributed by atoms with Crippen LogP contribution in [0.5, 0.6) is 11.5 Å². The first-order valence-electron chi connectivity index (χ1n) is 7.07. The topological polar surface area (TPSA) is 67.9 Å². The average molecular weight is 312 g/mol. The Balaban J connectivity index is 1.99. The second kappa shape index (κ2) is 6.00. The third-order valence-corrected chi connectivity index (χ3v) is 3.65. The van der Waals surface area contributed by atoms with Crippen LogP contribution in [0.15, 0.2) is 42.5 Å². The van der Waals surface area contributed by atoms with E-state index in [0.29, 0.717) is 28.4 Å². The number of benzene rings is 2. The fourth-order valence-electron chi connectivity index (χ4n) is 2.54. The SMILES string of the molecule is COc1ccc(C(=O)N2CC(=O)Nc3ccccc32)cc1OC. The number of anilines is 2. The van der Waals surface area contributed by atoms with Gasteiger partial charge in [-0.25, -0.2) is 0 Å². The van der Waals surface area contributed by atoms with Gasteiger partial charge in [-0.15, -0.1) is 0 Å². The van der Waals surface area contributed by atoms with E-state index >= 15 is 0 Å². The number of nitrogens with zero attached hydrogens (tertiary/aromatic N) is 1. The molecule has 0 radical (unpaired) electrons. The molecule has 0 aliphatic carbocycles. The molecule has 0 bridgehead atoms. The average Bonchev–Trinajstić information content (AvgIpc) is 2.59. The third-order valence-electron chi connectivity index (χ3n) is 3.65. The molecule has 0 saturated carbocycles. The minimum atomic E-state index is -0.270. The highest BCUT2D eigenvalue weighted by atomic mass is 16.5. The van der Waals surface area contributed by atoms with Crippen LogP contribution in [-0.4, -0.2) is 32.6 Å². The Bertz CT molecular complexity index is 773. The van der Waals surface area contributed by atoms with Crippen molar-refractivity contribution in [2.75, 3.05) is 31.0 Å². The lowest BCUT2D eigenvalue weighted by Gasteiger charge is -2.29. The number of rotatable bonds is 3. The van der Waals surface area contributed by atoms with E-state index < -0.39 is 0 Å². The maximum atomic E-state index is 12.8. The van der Waals surface area contributed by atoms with E-state index in [2.05, 4.69) is 5.32 Å².